The molecule has 0 aromatic heterocycles. The standard InChI is InChI=1S/C9H16BBrO2/c1-8(2)9(3,4)13-10(12-8)6-5-7-11/h5-6H,7H2,1-4H3/b6-5+. The van der Waals surface area contributed by atoms with E-state index in [-0.39, 0.29) is 18.3 Å². The molecule has 1 rings (SSSR count). The Morgan fingerprint density at radius 3 is 2.00 bits per heavy atom. The van der Waals surface area contributed by atoms with Gasteiger partial charge in [0.2, 0.25) is 0 Å². The van der Waals surface area contributed by atoms with Crippen LogP contribution in [0, 0.1) is 0 Å². The summed E-state index contributed by atoms with van der Waals surface area (Å²) >= 11 is 3.32. The zero-order valence-corrected chi connectivity index (χ0v) is 10.2. The van der Waals surface area contributed by atoms with Crippen LogP contribution in [0.5, 0.6) is 0 Å². The zero-order valence-electron chi connectivity index (χ0n) is 8.63. The van der Waals surface area contributed by atoms with Gasteiger partial charge in [-0.1, -0.05) is 28.0 Å². The molecule has 0 aromatic rings. The Balaban J connectivity index is 2.65. The summed E-state index contributed by atoms with van der Waals surface area (Å²) < 4.78 is 11.5. The second-order valence-electron chi connectivity index (χ2n) is 4.21. The van der Waals surface area contributed by atoms with Crippen LogP contribution in [0.1, 0.15) is 27.7 Å². The molecule has 1 saturated heterocycles. The van der Waals surface area contributed by atoms with Gasteiger partial charge in [-0.05, 0) is 27.7 Å². The Kier molecular flexibility index (Phi) is 3.26. The predicted octanol–water partition coefficient (Wildman–Crippen LogP) is 2.57. The summed E-state index contributed by atoms with van der Waals surface area (Å²) in [6, 6.07) is 0. The molecule has 13 heavy (non-hydrogen) atoms. The molecule has 1 heterocycles. The van der Waals surface area contributed by atoms with Crippen LogP contribution in [0.25, 0.3) is 0 Å². The van der Waals surface area contributed by atoms with Gasteiger partial charge in [0.25, 0.3) is 0 Å². The van der Waals surface area contributed by atoms with Gasteiger partial charge in [0, 0.05) is 5.33 Å². The van der Waals surface area contributed by atoms with Crippen LogP contribution in [0.15, 0.2) is 12.1 Å². The average Bonchev–Trinajstić information content (AvgIpc) is 2.17. The molecule has 4 heteroatoms. The Labute approximate surface area is 89.0 Å². The maximum Gasteiger partial charge on any atom is 0.486 e. The highest BCUT2D eigenvalue weighted by atomic mass is 79.9. The maximum absolute atomic E-state index is 5.74. The van der Waals surface area contributed by atoms with Gasteiger partial charge in [-0.15, -0.1) is 0 Å². The first-order chi connectivity index (χ1) is 5.89. The number of hydrogen-bond donors (Lipinski definition) is 0. The van der Waals surface area contributed by atoms with Crippen molar-refractivity contribution in [3.8, 4) is 0 Å². The summed E-state index contributed by atoms with van der Waals surface area (Å²) in [6.07, 6.45) is 1.99. The first-order valence-corrected chi connectivity index (χ1v) is 5.59. The van der Waals surface area contributed by atoms with Gasteiger partial charge in [0.1, 0.15) is 0 Å². The van der Waals surface area contributed by atoms with Gasteiger partial charge in [-0.25, -0.2) is 0 Å². The molecule has 0 spiro atoms. The Morgan fingerprint density at radius 1 is 1.15 bits per heavy atom. The van der Waals surface area contributed by atoms with Crippen molar-refractivity contribution < 1.29 is 9.31 Å². The number of hydrogen-bond acceptors (Lipinski definition) is 2. The third-order valence-electron chi connectivity index (χ3n) is 2.65. The van der Waals surface area contributed by atoms with Crippen molar-refractivity contribution in [2.45, 2.75) is 38.9 Å². The van der Waals surface area contributed by atoms with E-state index in [0.29, 0.717) is 0 Å². The van der Waals surface area contributed by atoms with Crippen molar-refractivity contribution in [2.75, 3.05) is 5.33 Å². The molecule has 74 valence electrons. The highest BCUT2D eigenvalue weighted by Gasteiger charge is 2.49. The number of rotatable bonds is 2. The fourth-order valence-corrected chi connectivity index (χ4v) is 1.35. The predicted molar refractivity (Wildman–Crippen MR) is 59.0 cm³/mol. The minimum absolute atomic E-state index is 0.206. The summed E-state index contributed by atoms with van der Waals surface area (Å²) in [5, 5.41) is 0.830. The van der Waals surface area contributed by atoms with Crippen molar-refractivity contribution in [1.82, 2.24) is 0 Å². The maximum atomic E-state index is 5.74. The molecule has 1 aliphatic rings. The van der Waals surface area contributed by atoms with Gasteiger partial charge in [0.05, 0.1) is 11.2 Å². The lowest BCUT2D eigenvalue weighted by Crippen LogP contribution is -2.41. The molecule has 2 nitrogen and oxygen atoms in total. The molecular formula is C9H16BBrO2. The molecule has 0 saturated carbocycles. The average molecular weight is 247 g/mol. The lowest BCUT2D eigenvalue weighted by atomic mass is 9.90. The van der Waals surface area contributed by atoms with E-state index in [1.165, 1.54) is 0 Å². The third-order valence-corrected chi connectivity index (χ3v) is 3.03. The lowest BCUT2D eigenvalue weighted by molar-refractivity contribution is 0.00578. The first kappa shape index (κ1) is 11.3. The van der Waals surface area contributed by atoms with Crippen LogP contribution >= 0.6 is 15.9 Å². The Hall–Kier alpha value is 0.205. The quantitative estimate of drug-likeness (QED) is 0.551. The number of allylic oxidation sites excluding steroid dienone is 1. The van der Waals surface area contributed by atoms with Crippen LogP contribution < -0.4 is 0 Å². The van der Waals surface area contributed by atoms with Crippen molar-refractivity contribution in [2.24, 2.45) is 0 Å². The monoisotopic (exact) mass is 246 g/mol. The van der Waals surface area contributed by atoms with Gasteiger partial charge in [0.15, 0.2) is 0 Å². The van der Waals surface area contributed by atoms with E-state index in [1.807, 2.05) is 12.1 Å². The van der Waals surface area contributed by atoms with E-state index in [9.17, 15) is 0 Å². The second kappa shape index (κ2) is 3.75. The SMILES string of the molecule is CC1(C)OB(/C=C/CBr)OC1(C)C. The molecule has 0 bridgehead atoms. The third kappa shape index (κ3) is 2.36. The molecule has 0 atom stereocenters. The van der Waals surface area contributed by atoms with Gasteiger partial charge < -0.3 is 9.31 Å². The molecule has 0 aromatic carbocycles. The summed E-state index contributed by atoms with van der Waals surface area (Å²) in [6.45, 7) is 8.20. The summed E-state index contributed by atoms with van der Waals surface area (Å²) in [5.41, 5.74) is -0.456. The highest BCUT2D eigenvalue weighted by molar-refractivity contribution is 9.09. The summed E-state index contributed by atoms with van der Waals surface area (Å²) in [5.74, 6) is 1.94. The van der Waals surface area contributed by atoms with Gasteiger partial charge in [-0.2, -0.15) is 0 Å². The van der Waals surface area contributed by atoms with Crippen LogP contribution in [-0.2, 0) is 9.31 Å². The number of halogens is 1. The molecule has 1 fully saturated rings. The summed E-state index contributed by atoms with van der Waals surface area (Å²) in [7, 11) is -0.206. The molecule has 0 aliphatic carbocycles. The lowest BCUT2D eigenvalue weighted by Gasteiger charge is -2.32. The normalized spacial score (nSPS) is 25.8. The fraction of sp³-hybridized carbons (Fsp3) is 0.778. The Morgan fingerprint density at radius 2 is 1.62 bits per heavy atom. The molecule has 0 amide bonds. The van der Waals surface area contributed by atoms with Crippen molar-refractivity contribution in [3.63, 3.8) is 0 Å². The summed E-state index contributed by atoms with van der Waals surface area (Å²) in [4.78, 5) is 0. The topological polar surface area (TPSA) is 18.5 Å². The van der Waals surface area contributed by atoms with E-state index in [1.54, 1.807) is 0 Å². The minimum atomic E-state index is -0.228. The first-order valence-electron chi connectivity index (χ1n) is 4.47. The van der Waals surface area contributed by atoms with E-state index in [4.69, 9.17) is 9.31 Å². The van der Waals surface area contributed by atoms with E-state index in [0.717, 1.165) is 5.33 Å². The van der Waals surface area contributed by atoms with E-state index < -0.39 is 0 Å². The number of alkyl halides is 1. The van der Waals surface area contributed by atoms with Gasteiger partial charge >= 0.3 is 7.12 Å². The molecule has 0 N–H and O–H groups in total. The second-order valence-corrected chi connectivity index (χ2v) is 4.85. The van der Waals surface area contributed by atoms with Crippen LogP contribution in [0.2, 0.25) is 0 Å². The Bertz CT molecular complexity index is 198. The fourth-order valence-electron chi connectivity index (χ4n) is 1.13. The van der Waals surface area contributed by atoms with Crippen molar-refractivity contribution >= 4 is 23.0 Å². The zero-order chi connectivity index (χ0) is 10.1. The highest BCUT2D eigenvalue weighted by Crippen LogP contribution is 2.36. The minimum Gasteiger partial charge on any atom is -0.400 e. The molecule has 1 aliphatic heterocycles. The molecule has 0 radical (unpaired) electrons. The van der Waals surface area contributed by atoms with Crippen molar-refractivity contribution in [3.05, 3.63) is 12.1 Å². The molecule has 0 unspecified atom stereocenters. The van der Waals surface area contributed by atoms with Crippen LogP contribution in [-0.4, -0.2) is 23.7 Å². The van der Waals surface area contributed by atoms with Gasteiger partial charge in [-0.3, -0.25) is 0 Å². The van der Waals surface area contributed by atoms with Crippen LogP contribution in [0.4, 0.5) is 0 Å². The van der Waals surface area contributed by atoms with Crippen molar-refractivity contribution in [1.29, 1.82) is 0 Å². The largest absolute Gasteiger partial charge is 0.486 e. The smallest absolute Gasteiger partial charge is 0.400 e. The van der Waals surface area contributed by atoms with Crippen LogP contribution in [0.3, 0.4) is 0 Å². The van der Waals surface area contributed by atoms with E-state index in [2.05, 4.69) is 43.6 Å². The molecular weight excluding hydrogens is 231 g/mol. The van der Waals surface area contributed by atoms with E-state index >= 15 is 0 Å².